The topological polar surface area (TPSA) is 73.9 Å². The van der Waals surface area contributed by atoms with E-state index in [1.165, 1.54) is 17.3 Å². The number of hydrogen-bond donors (Lipinski definition) is 1. The van der Waals surface area contributed by atoms with E-state index in [9.17, 15) is 0 Å². The lowest BCUT2D eigenvalue weighted by atomic mass is 10.2. The van der Waals surface area contributed by atoms with Gasteiger partial charge in [-0.3, -0.25) is 0 Å². The minimum absolute atomic E-state index is 0.255. The molecule has 0 saturated heterocycles. The molecule has 0 radical (unpaired) electrons. The third kappa shape index (κ3) is 4.10. The Labute approximate surface area is 116 Å². The molecular formula is C13H16N4OS. The molecule has 0 atom stereocenters. The zero-order valence-electron chi connectivity index (χ0n) is 11.0. The van der Waals surface area contributed by atoms with E-state index in [0.717, 1.165) is 5.75 Å². The van der Waals surface area contributed by atoms with Gasteiger partial charge in [0, 0.05) is 6.42 Å². The normalized spacial score (nSPS) is 10.4. The Bertz CT molecular complexity index is 562. The van der Waals surface area contributed by atoms with Crippen LogP contribution in [0.15, 0.2) is 29.4 Å². The van der Waals surface area contributed by atoms with Gasteiger partial charge in [0.25, 0.3) is 0 Å². The Morgan fingerprint density at radius 3 is 2.84 bits per heavy atom. The molecule has 2 aromatic rings. The van der Waals surface area contributed by atoms with Gasteiger partial charge in [-0.25, -0.2) is 4.98 Å². The number of hydrogen-bond acceptors (Lipinski definition) is 6. The van der Waals surface area contributed by atoms with Crippen LogP contribution >= 0.6 is 11.8 Å². The van der Waals surface area contributed by atoms with Gasteiger partial charge in [-0.05, 0) is 30.9 Å². The summed E-state index contributed by atoms with van der Waals surface area (Å²) in [6.07, 6.45) is 2.51. The van der Waals surface area contributed by atoms with Crippen molar-refractivity contribution >= 4 is 17.7 Å². The first kappa shape index (κ1) is 13.6. The minimum Gasteiger partial charge on any atom is -0.493 e. The van der Waals surface area contributed by atoms with E-state index in [1.807, 2.05) is 37.4 Å². The average Bonchev–Trinajstić information content (AvgIpc) is 2.38. The predicted octanol–water partition coefficient (Wildman–Crippen LogP) is 2.11. The number of nitrogens with zero attached hydrogens (tertiary/aromatic N) is 3. The summed E-state index contributed by atoms with van der Waals surface area (Å²) in [7, 11) is 0. The summed E-state index contributed by atoms with van der Waals surface area (Å²) >= 11 is 1.45. The van der Waals surface area contributed by atoms with Crippen molar-refractivity contribution in [2.45, 2.75) is 18.5 Å². The fourth-order valence-corrected chi connectivity index (χ4v) is 1.97. The highest BCUT2D eigenvalue weighted by Gasteiger charge is 2.04. The van der Waals surface area contributed by atoms with Gasteiger partial charge in [0.2, 0.25) is 5.95 Å². The van der Waals surface area contributed by atoms with Gasteiger partial charge >= 0.3 is 0 Å². The van der Waals surface area contributed by atoms with Gasteiger partial charge < -0.3 is 10.5 Å². The molecule has 0 saturated carbocycles. The number of ether oxygens (including phenoxy) is 1. The van der Waals surface area contributed by atoms with Crippen LogP contribution in [-0.4, -0.2) is 27.8 Å². The lowest BCUT2D eigenvalue weighted by molar-refractivity contribution is 0.318. The Morgan fingerprint density at radius 1 is 1.26 bits per heavy atom. The summed E-state index contributed by atoms with van der Waals surface area (Å²) in [6, 6.07) is 7.93. The van der Waals surface area contributed by atoms with Crippen LogP contribution in [-0.2, 0) is 6.42 Å². The van der Waals surface area contributed by atoms with Crippen LogP contribution in [0.1, 0.15) is 11.4 Å². The molecule has 0 spiro atoms. The predicted molar refractivity (Wildman–Crippen MR) is 76.4 cm³/mol. The second kappa shape index (κ2) is 6.38. The molecule has 19 heavy (non-hydrogen) atoms. The maximum Gasteiger partial charge on any atom is 0.224 e. The molecule has 0 unspecified atom stereocenters. The molecule has 100 valence electrons. The third-order valence-corrected chi connectivity index (χ3v) is 2.99. The van der Waals surface area contributed by atoms with Gasteiger partial charge in [0.1, 0.15) is 11.6 Å². The Balaban J connectivity index is 1.94. The molecule has 0 bridgehead atoms. The Morgan fingerprint density at radius 2 is 2.11 bits per heavy atom. The third-order valence-electron chi connectivity index (χ3n) is 2.45. The fourth-order valence-electron chi connectivity index (χ4n) is 1.58. The number of benzene rings is 1. The monoisotopic (exact) mass is 276 g/mol. The second-order valence-corrected chi connectivity index (χ2v) is 4.78. The summed E-state index contributed by atoms with van der Waals surface area (Å²) in [5, 5.41) is 0.637. The van der Waals surface area contributed by atoms with Crippen LogP contribution in [0.5, 0.6) is 5.75 Å². The average molecular weight is 276 g/mol. The van der Waals surface area contributed by atoms with Crippen LogP contribution in [0.25, 0.3) is 0 Å². The van der Waals surface area contributed by atoms with Crippen molar-refractivity contribution < 1.29 is 4.74 Å². The fraction of sp³-hybridized carbons (Fsp3) is 0.308. The van der Waals surface area contributed by atoms with E-state index >= 15 is 0 Å². The molecule has 0 aliphatic rings. The molecule has 0 amide bonds. The molecule has 1 aromatic carbocycles. The zero-order chi connectivity index (χ0) is 13.7. The van der Waals surface area contributed by atoms with Gasteiger partial charge in [-0.15, -0.1) is 0 Å². The van der Waals surface area contributed by atoms with Crippen LogP contribution in [0, 0.1) is 6.92 Å². The first-order valence-corrected chi connectivity index (χ1v) is 7.14. The summed E-state index contributed by atoms with van der Waals surface area (Å²) in [5.41, 5.74) is 6.79. The Kier molecular flexibility index (Phi) is 4.57. The molecule has 1 aromatic heterocycles. The molecule has 5 nitrogen and oxygen atoms in total. The molecule has 0 aliphatic carbocycles. The molecule has 2 N–H and O–H groups in total. The number of nitrogen functional groups attached to an aromatic ring is 1. The van der Waals surface area contributed by atoms with Gasteiger partial charge in [-0.2, -0.15) is 9.97 Å². The van der Waals surface area contributed by atoms with E-state index < -0.39 is 0 Å². The maximum absolute atomic E-state index is 5.66. The highest BCUT2D eigenvalue weighted by Crippen LogP contribution is 2.13. The van der Waals surface area contributed by atoms with Crippen molar-refractivity contribution in [3.05, 3.63) is 35.7 Å². The Hall–Kier alpha value is -1.82. The number of aromatic nitrogens is 3. The number of thioether (sulfide) groups is 1. The molecule has 1 heterocycles. The molecular weight excluding hydrogens is 260 g/mol. The lowest BCUT2D eigenvalue weighted by Crippen LogP contribution is -2.09. The number of aryl methyl sites for hydroxylation is 1. The largest absolute Gasteiger partial charge is 0.493 e. The highest BCUT2D eigenvalue weighted by atomic mass is 32.2. The summed E-state index contributed by atoms with van der Waals surface area (Å²) < 4.78 is 5.66. The zero-order valence-corrected chi connectivity index (χ0v) is 11.8. The van der Waals surface area contributed by atoms with Crippen LogP contribution in [0.3, 0.4) is 0 Å². The van der Waals surface area contributed by atoms with Crippen molar-refractivity contribution in [1.82, 2.24) is 15.0 Å². The van der Waals surface area contributed by atoms with Gasteiger partial charge in [-0.1, -0.05) is 23.9 Å². The van der Waals surface area contributed by atoms with Gasteiger partial charge in [0.15, 0.2) is 5.16 Å². The number of rotatable bonds is 5. The standard InChI is InChI=1S/C13H16N4OS/c1-9-4-3-5-10(8-9)18-7-6-11-15-12(14)17-13(16-11)19-2/h3-5,8H,6-7H2,1-2H3,(H2,14,15,16,17). The summed E-state index contributed by atoms with van der Waals surface area (Å²) in [4.78, 5) is 12.4. The van der Waals surface area contributed by atoms with E-state index in [2.05, 4.69) is 15.0 Å². The molecule has 2 rings (SSSR count). The minimum atomic E-state index is 0.255. The van der Waals surface area contributed by atoms with Crippen LogP contribution in [0.2, 0.25) is 0 Å². The lowest BCUT2D eigenvalue weighted by Gasteiger charge is -2.07. The van der Waals surface area contributed by atoms with Crippen molar-refractivity contribution in [2.24, 2.45) is 0 Å². The van der Waals surface area contributed by atoms with E-state index in [1.54, 1.807) is 0 Å². The number of anilines is 1. The summed E-state index contributed by atoms with van der Waals surface area (Å²) in [5.74, 6) is 1.77. The van der Waals surface area contributed by atoms with Crippen molar-refractivity contribution in [3.63, 3.8) is 0 Å². The first-order valence-electron chi connectivity index (χ1n) is 5.91. The van der Waals surface area contributed by atoms with Crippen molar-refractivity contribution in [1.29, 1.82) is 0 Å². The SMILES string of the molecule is CSc1nc(N)nc(CCOc2cccc(C)c2)n1. The van der Waals surface area contributed by atoms with E-state index in [0.29, 0.717) is 24.0 Å². The summed E-state index contributed by atoms with van der Waals surface area (Å²) in [6.45, 7) is 2.55. The molecule has 0 aliphatic heterocycles. The van der Waals surface area contributed by atoms with Crippen LogP contribution in [0.4, 0.5) is 5.95 Å². The second-order valence-electron chi connectivity index (χ2n) is 4.01. The van der Waals surface area contributed by atoms with E-state index in [4.69, 9.17) is 10.5 Å². The maximum atomic E-state index is 5.66. The molecule has 6 heteroatoms. The highest BCUT2D eigenvalue weighted by molar-refractivity contribution is 7.98. The van der Waals surface area contributed by atoms with Crippen molar-refractivity contribution in [3.8, 4) is 5.75 Å². The first-order chi connectivity index (χ1) is 9.17. The van der Waals surface area contributed by atoms with Crippen LogP contribution < -0.4 is 10.5 Å². The van der Waals surface area contributed by atoms with E-state index in [-0.39, 0.29) is 5.95 Å². The quantitative estimate of drug-likeness (QED) is 0.843. The van der Waals surface area contributed by atoms with Gasteiger partial charge in [0.05, 0.1) is 6.61 Å². The van der Waals surface area contributed by atoms with Crippen molar-refractivity contribution in [2.75, 3.05) is 18.6 Å². The molecule has 0 fully saturated rings. The number of nitrogens with two attached hydrogens (primary N) is 1. The smallest absolute Gasteiger partial charge is 0.224 e.